The fraction of sp³-hybridized carbons (Fsp3) is 0.316. The topological polar surface area (TPSA) is 49.3 Å². The molecule has 0 bridgehead atoms. The zero-order valence-corrected chi connectivity index (χ0v) is 13.3. The summed E-state index contributed by atoms with van der Waals surface area (Å²) in [5.74, 6) is -1.02. The molecular formula is C19H19F2NO2. The molecule has 3 unspecified atom stereocenters. The Morgan fingerprint density at radius 3 is 2.58 bits per heavy atom. The van der Waals surface area contributed by atoms with Crippen LogP contribution in [0, 0.1) is 17.6 Å². The molecule has 0 radical (unpaired) electrons. The van der Waals surface area contributed by atoms with Crippen LogP contribution in [0.25, 0.3) is 0 Å². The highest BCUT2D eigenvalue weighted by Crippen LogP contribution is 2.47. The number of benzene rings is 2. The van der Waals surface area contributed by atoms with Gasteiger partial charge in [-0.25, -0.2) is 8.78 Å². The highest BCUT2D eigenvalue weighted by Gasteiger charge is 2.44. The highest BCUT2D eigenvalue weighted by molar-refractivity contribution is 5.83. The molecule has 3 atom stereocenters. The van der Waals surface area contributed by atoms with Crippen LogP contribution in [-0.4, -0.2) is 17.6 Å². The fourth-order valence-electron chi connectivity index (χ4n) is 2.89. The number of rotatable bonds is 5. The monoisotopic (exact) mass is 331 g/mol. The van der Waals surface area contributed by atoms with Crippen molar-refractivity contribution < 1.29 is 18.7 Å². The van der Waals surface area contributed by atoms with E-state index in [0.717, 1.165) is 5.56 Å². The Hall–Kier alpha value is -2.27. The minimum absolute atomic E-state index is 0.0245. The second-order valence-electron chi connectivity index (χ2n) is 6.50. The molecule has 3 rings (SSSR count). The first-order valence-corrected chi connectivity index (χ1v) is 7.88. The van der Waals surface area contributed by atoms with E-state index in [9.17, 15) is 18.7 Å². The van der Waals surface area contributed by atoms with E-state index in [-0.39, 0.29) is 35.9 Å². The number of amides is 1. The van der Waals surface area contributed by atoms with Gasteiger partial charge < -0.3 is 10.4 Å². The quantitative estimate of drug-likeness (QED) is 0.884. The Kier molecular flexibility index (Phi) is 4.37. The fourth-order valence-corrected chi connectivity index (χ4v) is 2.89. The predicted octanol–water partition coefficient (Wildman–Crippen LogP) is 3.09. The molecule has 1 fully saturated rings. The number of carbonyl (C=O) groups is 1. The number of nitrogens with one attached hydrogen (secondary N) is 1. The van der Waals surface area contributed by atoms with Crippen molar-refractivity contribution in [3.63, 3.8) is 0 Å². The molecular weight excluding hydrogens is 312 g/mol. The average molecular weight is 331 g/mol. The molecule has 0 aromatic heterocycles. The zero-order valence-electron chi connectivity index (χ0n) is 13.3. The first-order valence-electron chi connectivity index (χ1n) is 7.88. The third kappa shape index (κ3) is 3.62. The van der Waals surface area contributed by atoms with Crippen LogP contribution in [0.2, 0.25) is 0 Å². The molecule has 1 amide bonds. The summed E-state index contributed by atoms with van der Waals surface area (Å²) in [7, 11) is 0. The molecule has 1 aliphatic carbocycles. The highest BCUT2D eigenvalue weighted by atomic mass is 19.1. The SMILES string of the molecule is CC(O)(CNC(=O)C1CC1c1cccc(F)c1)c1ccc(F)cc1. The largest absolute Gasteiger partial charge is 0.384 e. The molecule has 2 N–H and O–H groups in total. The molecule has 5 heteroatoms. The zero-order chi connectivity index (χ0) is 17.3. The summed E-state index contributed by atoms with van der Waals surface area (Å²) in [6.45, 7) is 1.60. The summed E-state index contributed by atoms with van der Waals surface area (Å²) >= 11 is 0. The third-order valence-electron chi connectivity index (χ3n) is 4.48. The van der Waals surface area contributed by atoms with Gasteiger partial charge in [-0.05, 0) is 54.7 Å². The Labute approximate surface area is 139 Å². The van der Waals surface area contributed by atoms with Gasteiger partial charge in [-0.3, -0.25) is 4.79 Å². The summed E-state index contributed by atoms with van der Waals surface area (Å²) in [6, 6.07) is 11.8. The van der Waals surface area contributed by atoms with Crippen molar-refractivity contribution in [3.8, 4) is 0 Å². The number of carbonyl (C=O) groups excluding carboxylic acids is 1. The van der Waals surface area contributed by atoms with Gasteiger partial charge in [-0.2, -0.15) is 0 Å². The van der Waals surface area contributed by atoms with Gasteiger partial charge in [-0.15, -0.1) is 0 Å². The third-order valence-corrected chi connectivity index (χ3v) is 4.48. The number of halogens is 2. The summed E-state index contributed by atoms with van der Waals surface area (Å²) in [4.78, 5) is 12.2. The van der Waals surface area contributed by atoms with Crippen molar-refractivity contribution >= 4 is 5.91 Å². The van der Waals surface area contributed by atoms with E-state index < -0.39 is 5.60 Å². The van der Waals surface area contributed by atoms with Crippen LogP contribution in [0.3, 0.4) is 0 Å². The lowest BCUT2D eigenvalue weighted by atomic mass is 9.96. The molecule has 0 aliphatic heterocycles. The first-order chi connectivity index (χ1) is 11.4. The summed E-state index contributed by atoms with van der Waals surface area (Å²) in [5.41, 5.74) is 0.0641. The molecule has 3 nitrogen and oxygen atoms in total. The Morgan fingerprint density at radius 1 is 1.21 bits per heavy atom. The first kappa shape index (κ1) is 16.6. The van der Waals surface area contributed by atoms with Gasteiger partial charge in [0.15, 0.2) is 0 Å². The van der Waals surface area contributed by atoms with Crippen LogP contribution in [0.4, 0.5) is 8.78 Å². The second kappa shape index (κ2) is 6.32. The van der Waals surface area contributed by atoms with E-state index in [2.05, 4.69) is 5.32 Å². The van der Waals surface area contributed by atoms with Crippen molar-refractivity contribution in [2.24, 2.45) is 5.92 Å². The molecule has 0 spiro atoms. The predicted molar refractivity (Wildman–Crippen MR) is 86.2 cm³/mol. The van der Waals surface area contributed by atoms with Crippen LogP contribution in [-0.2, 0) is 10.4 Å². The molecule has 1 saturated carbocycles. The van der Waals surface area contributed by atoms with Gasteiger partial charge in [-0.1, -0.05) is 24.3 Å². The minimum atomic E-state index is -1.29. The number of hydrogen-bond acceptors (Lipinski definition) is 2. The van der Waals surface area contributed by atoms with E-state index in [1.807, 2.05) is 6.07 Å². The maximum atomic E-state index is 13.2. The Morgan fingerprint density at radius 2 is 1.92 bits per heavy atom. The van der Waals surface area contributed by atoms with Crippen molar-refractivity contribution in [2.75, 3.05) is 6.54 Å². The number of hydrogen-bond donors (Lipinski definition) is 2. The van der Waals surface area contributed by atoms with Crippen LogP contribution >= 0.6 is 0 Å². The van der Waals surface area contributed by atoms with E-state index in [4.69, 9.17) is 0 Å². The van der Waals surface area contributed by atoms with Gasteiger partial charge in [0.2, 0.25) is 5.91 Å². The summed E-state index contributed by atoms with van der Waals surface area (Å²) in [6.07, 6.45) is 0.675. The lowest BCUT2D eigenvalue weighted by Crippen LogP contribution is -2.39. The summed E-state index contributed by atoms with van der Waals surface area (Å²) in [5, 5.41) is 13.2. The lowest BCUT2D eigenvalue weighted by molar-refractivity contribution is -0.123. The molecule has 24 heavy (non-hydrogen) atoms. The van der Waals surface area contributed by atoms with Gasteiger partial charge >= 0.3 is 0 Å². The maximum Gasteiger partial charge on any atom is 0.223 e. The summed E-state index contributed by atoms with van der Waals surface area (Å²) < 4.78 is 26.2. The standard InChI is InChI=1S/C19H19F2NO2/c1-19(24,13-5-7-14(20)8-6-13)11-22-18(23)17-10-16(17)12-3-2-4-15(21)9-12/h2-9,16-17,24H,10-11H2,1H3,(H,22,23). The van der Waals surface area contributed by atoms with Crippen molar-refractivity contribution in [3.05, 3.63) is 71.3 Å². The van der Waals surface area contributed by atoms with Crippen LogP contribution in [0.1, 0.15) is 30.4 Å². The Balaban J connectivity index is 1.57. The maximum absolute atomic E-state index is 13.2. The minimum Gasteiger partial charge on any atom is -0.384 e. The molecule has 126 valence electrons. The lowest BCUT2D eigenvalue weighted by Gasteiger charge is -2.24. The van der Waals surface area contributed by atoms with Crippen LogP contribution in [0.15, 0.2) is 48.5 Å². The van der Waals surface area contributed by atoms with E-state index >= 15 is 0 Å². The van der Waals surface area contributed by atoms with Gasteiger partial charge in [0.1, 0.15) is 17.2 Å². The van der Waals surface area contributed by atoms with Crippen molar-refractivity contribution in [2.45, 2.75) is 24.9 Å². The smallest absolute Gasteiger partial charge is 0.223 e. The van der Waals surface area contributed by atoms with E-state index in [0.29, 0.717) is 12.0 Å². The second-order valence-corrected chi connectivity index (χ2v) is 6.50. The molecule has 2 aromatic rings. The van der Waals surface area contributed by atoms with Gasteiger partial charge in [0.05, 0.1) is 6.54 Å². The Bertz CT molecular complexity index is 743. The van der Waals surface area contributed by atoms with Crippen LogP contribution in [0.5, 0.6) is 0 Å². The van der Waals surface area contributed by atoms with Crippen molar-refractivity contribution in [1.82, 2.24) is 5.32 Å². The van der Waals surface area contributed by atoms with Gasteiger partial charge in [0, 0.05) is 5.92 Å². The van der Waals surface area contributed by atoms with E-state index in [1.165, 1.54) is 36.4 Å². The van der Waals surface area contributed by atoms with Crippen molar-refractivity contribution in [1.29, 1.82) is 0 Å². The van der Waals surface area contributed by atoms with E-state index in [1.54, 1.807) is 13.0 Å². The van der Waals surface area contributed by atoms with Gasteiger partial charge in [0.25, 0.3) is 0 Å². The number of aliphatic hydroxyl groups is 1. The molecule has 0 heterocycles. The average Bonchev–Trinajstić information content (AvgIpc) is 3.34. The molecule has 1 aliphatic rings. The van der Waals surface area contributed by atoms with Crippen LogP contribution < -0.4 is 5.32 Å². The molecule has 2 aromatic carbocycles. The normalized spacial score (nSPS) is 21.8. The molecule has 0 saturated heterocycles.